The van der Waals surface area contributed by atoms with Crippen LogP contribution in [0.25, 0.3) is 28.0 Å². The molecule has 0 aliphatic heterocycles. The van der Waals surface area contributed by atoms with Gasteiger partial charge < -0.3 is 5.11 Å². The minimum atomic E-state index is -1.41. The molecule has 178 valence electrons. The molecule has 34 heavy (non-hydrogen) atoms. The van der Waals surface area contributed by atoms with Gasteiger partial charge in [0.2, 0.25) is 0 Å². The minimum absolute atomic E-state index is 0.166. The first kappa shape index (κ1) is 24.1. The first-order chi connectivity index (χ1) is 16.3. The lowest BCUT2D eigenvalue weighted by Gasteiger charge is -2.27. The zero-order chi connectivity index (χ0) is 24.3. The lowest BCUT2D eigenvalue weighted by Crippen LogP contribution is -2.33. The van der Waals surface area contributed by atoms with Gasteiger partial charge in [-0.3, -0.25) is 10.1 Å². The average molecular weight is 479 g/mol. The number of aromatic nitrogens is 5. The second kappa shape index (κ2) is 10.1. The number of pyridine rings is 1. The van der Waals surface area contributed by atoms with E-state index in [9.17, 15) is 9.32 Å². The Labute approximate surface area is 201 Å². The first-order valence-electron chi connectivity index (χ1n) is 11.4. The second-order valence-electron chi connectivity index (χ2n) is 9.01. The van der Waals surface area contributed by atoms with Crippen LogP contribution < -0.4 is 5.14 Å². The van der Waals surface area contributed by atoms with Gasteiger partial charge in [0.15, 0.2) is 11.6 Å². The van der Waals surface area contributed by atoms with Gasteiger partial charge in [-0.25, -0.2) is 18.9 Å². The number of aliphatic hydroxyl groups is 1. The molecule has 8 nitrogen and oxygen atoms in total. The second-order valence-corrected chi connectivity index (χ2v) is 10.7. The summed E-state index contributed by atoms with van der Waals surface area (Å²) in [7, 11) is -1.41. The quantitative estimate of drug-likeness (QED) is 0.375. The predicted molar refractivity (Wildman–Crippen MR) is 134 cm³/mol. The van der Waals surface area contributed by atoms with Crippen LogP contribution in [0.2, 0.25) is 0 Å². The molecule has 0 fully saturated rings. The SMILES string of the molecule is CCC[C@@H](CC(C)(C)S(N)=O)c1cccc(-c2ccc3cnn(-c4ccnc(CO)n4)c3c2)n1. The highest BCUT2D eigenvalue weighted by molar-refractivity contribution is 7.84. The van der Waals surface area contributed by atoms with Crippen molar-refractivity contribution in [1.29, 1.82) is 0 Å². The van der Waals surface area contributed by atoms with E-state index in [1.807, 2.05) is 50.2 Å². The van der Waals surface area contributed by atoms with Crippen LogP contribution in [0.5, 0.6) is 0 Å². The molecule has 4 aromatic rings. The zero-order valence-electron chi connectivity index (χ0n) is 19.7. The summed E-state index contributed by atoms with van der Waals surface area (Å²) in [6, 6.07) is 13.9. The minimum Gasteiger partial charge on any atom is -0.388 e. The Bertz CT molecular complexity index is 1320. The zero-order valence-corrected chi connectivity index (χ0v) is 20.5. The number of hydrogen-bond acceptors (Lipinski definition) is 6. The van der Waals surface area contributed by atoms with Crippen molar-refractivity contribution in [2.24, 2.45) is 5.14 Å². The molecule has 1 unspecified atom stereocenters. The molecule has 0 aliphatic rings. The van der Waals surface area contributed by atoms with Crippen LogP contribution >= 0.6 is 0 Å². The summed E-state index contributed by atoms with van der Waals surface area (Å²) in [4.78, 5) is 13.4. The summed E-state index contributed by atoms with van der Waals surface area (Å²) in [5.41, 5.74) is 3.69. The number of nitrogens with zero attached hydrogens (tertiary/aromatic N) is 5. The van der Waals surface area contributed by atoms with Crippen molar-refractivity contribution in [3.05, 3.63) is 66.4 Å². The van der Waals surface area contributed by atoms with Crippen molar-refractivity contribution in [2.75, 3.05) is 0 Å². The molecule has 0 aliphatic carbocycles. The monoisotopic (exact) mass is 478 g/mol. The van der Waals surface area contributed by atoms with Crippen molar-refractivity contribution in [3.63, 3.8) is 0 Å². The largest absolute Gasteiger partial charge is 0.388 e. The smallest absolute Gasteiger partial charge is 0.157 e. The topological polar surface area (TPSA) is 120 Å². The van der Waals surface area contributed by atoms with Gasteiger partial charge in [0, 0.05) is 34.8 Å². The molecule has 1 aromatic carbocycles. The van der Waals surface area contributed by atoms with E-state index in [-0.39, 0.29) is 12.5 Å². The Hall–Kier alpha value is -3.01. The predicted octanol–water partition coefficient (Wildman–Crippen LogP) is 4.04. The number of benzene rings is 1. The third-order valence-corrected chi connectivity index (χ3v) is 7.28. The summed E-state index contributed by atoms with van der Waals surface area (Å²) < 4.78 is 13.3. The first-order valence-corrected chi connectivity index (χ1v) is 12.6. The highest BCUT2D eigenvalue weighted by Gasteiger charge is 2.29. The fourth-order valence-electron chi connectivity index (χ4n) is 4.16. The molecule has 0 saturated carbocycles. The summed E-state index contributed by atoms with van der Waals surface area (Å²) in [6.45, 7) is 5.80. The Morgan fingerprint density at radius 3 is 2.74 bits per heavy atom. The fraction of sp³-hybridized carbons (Fsp3) is 0.360. The maximum absolute atomic E-state index is 12.1. The van der Waals surface area contributed by atoms with Crippen LogP contribution in [0, 0.1) is 0 Å². The van der Waals surface area contributed by atoms with Crippen molar-refractivity contribution in [3.8, 4) is 17.1 Å². The molecule has 0 radical (unpaired) electrons. The lowest BCUT2D eigenvalue weighted by molar-refractivity contribution is 0.271. The van der Waals surface area contributed by atoms with E-state index in [0.29, 0.717) is 18.1 Å². The summed E-state index contributed by atoms with van der Waals surface area (Å²) in [6.07, 6.45) is 6.05. The van der Waals surface area contributed by atoms with Crippen molar-refractivity contribution in [1.82, 2.24) is 24.7 Å². The highest BCUT2D eigenvalue weighted by atomic mass is 32.2. The standard InChI is InChI=1S/C25H30N6O2S/c1-4-6-18(14-25(2,3)34(26)33)21-8-5-7-20(29-21)17-9-10-19-15-28-31(22(19)13-17)24-11-12-27-23(16-32)30-24/h5,7-13,15,18,32H,4,6,14,16,26H2,1-3H3/t18-,34?/m0/s1. The normalized spacial score (nSPS) is 13.8. The number of aliphatic hydroxyl groups excluding tert-OH is 1. The van der Waals surface area contributed by atoms with Crippen molar-refractivity contribution < 1.29 is 9.32 Å². The maximum atomic E-state index is 12.1. The van der Waals surface area contributed by atoms with Gasteiger partial charge >= 0.3 is 0 Å². The van der Waals surface area contributed by atoms with Gasteiger partial charge in [-0.2, -0.15) is 5.10 Å². The van der Waals surface area contributed by atoms with E-state index in [2.05, 4.69) is 22.0 Å². The molecular weight excluding hydrogens is 448 g/mol. The van der Waals surface area contributed by atoms with Crippen LogP contribution in [0.15, 0.2) is 54.9 Å². The van der Waals surface area contributed by atoms with Gasteiger partial charge in [-0.1, -0.05) is 31.5 Å². The van der Waals surface area contributed by atoms with Gasteiger partial charge in [0.25, 0.3) is 0 Å². The van der Waals surface area contributed by atoms with Gasteiger partial charge in [-0.15, -0.1) is 0 Å². The van der Waals surface area contributed by atoms with Crippen LogP contribution in [-0.2, 0) is 17.6 Å². The van der Waals surface area contributed by atoms with E-state index in [1.54, 1.807) is 23.1 Å². The van der Waals surface area contributed by atoms with Crippen LogP contribution in [0.4, 0.5) is 0 Å². The van der Waals surface area contributed by atoms with E-state index in [4.69, 9.17) is 10.1 Å². The molecule has 0 saturated heterocycles. The molecule has 4 rings (SSSR count). The van der Waals surface area contributed by atoms with Crippen LogP contribution in [0.1, 0.15) is 57.5 Å². The molecule has 3 N–H and O–H groups in total. The Morgan fingerprint density at radius 1 is 1.18 bits per heavy atom. The number of fused-ring (bicyclic) bond motifs is 1. The third kappa shape index (κ3) is 5.06. The van der Waals surface area contributed by atoms with Gasteiger partial charge in [0.1, 0.15) is 6.61 Å². The lowest BCUT2D eigenvalue weighted by atomic mass is 9.89. The van der Waals surface area contributed by atoms with E-state index in [0.717, 1.165) is 40.7 Å². The molecule has 2 atom stereocenters. The highest BCUT2D eigenvalue weighted by Crippen LogP contribution is 2.33. The Morgan fingerprint density at radius 2 is 2.00 bits per heavy atom. The van der Waals surface area contributed by atoms with E-state index in [1.165, 1.54) is 0 Å². The molecular formula is C25H30N6O2S. The number of nitrogens with two attached hydrogens (primary N) is 1. The Kier molecular flexibility index (Phi) is 7.16. The van der Waals surface area contributed by atoms with Gasteiger partial charge in [-0.05, 0) is 44.9 Å². The molecule has 0 spiro atoms. The van der Waals surface area contributed by atoms with Crippen LogP contribution in [0.3, 0.4) is 0 Å². The number of hydrogen-bond donors (Lipinski definition) is 2. The van der Waals surface area contributed by atoms with E-state index >= 15 is 0 Å². The average Bonchev–Trinajstić information content (AvgIpc) is 3.27. The van der Waals surface area contributed by atoms with Crippen molar-refractivity contribution >= 4 is 21.9 Å². The molecule has 9 heteroatoms. The van der Waals surface area contributed by atoms with Crippen LogP contribution in [-0.4, -0.2) is 38.8 Å². The molecule has 3 aromatic heterocycles. The molecule has 0 bridgehead atoms. The maximum Gasteiger partial charge on any atom is 0.157 e. The third-order valence-electron chi connectivity index (χ3n) is 6.02. The van der Waals surface area contributed by atoms with Gasteiger partial charge in [0.05, 0.1) is 33.1 Å². The van der Waals surface area contributed by atoms with E-state index < -0.39 is 15.7 Å². The fourth-order valence-corrected chi connectivity index (χ4v) is 4.53. The Balaban J connectivity index is 1.72. The van der Waals surface area contributed by atoms with Crippen molar-refractivity contribution in [2.45, 2.75) is 57.3 Å². The summed E-state index contributed by atoms with van der Waals surface area (Å²) in [5, 5.41) is 20.6. The molecule has 0 amide bonds. The molecule has 3 heterocycles. The number of rotatable bonds is 9. The summed E-state index contributed by atoms with van der Waals surface area (Å²) >= 11 is 0. The summed E-state index contributed by atoms with van der Waals surface area (Å²) in [5.74, 6) is 1.10.